The van der Waals surface area contributed by atoms with Gasteiger partial charge in [0.15, 0.2) is 0 Å². The maximum Gasteiger partial charge on any atom is 0.133 e. The summed E-state index contributed by atoms with van der Waals surface area (Å²) < 4.78 is 10.7. The summed E-state index contributed by atoms with van der Waals surface area (Å²) in [5.41, 5.74) is 6.35. The molecule has 1 aliphatic rings. The van der Waals surface area contributed by atoms with E-state index in [1.165, 1.54) is 0 Å². The summed E-state index contributed by atoms with van der Waals surface area (Å²) in [7, 11) is 3.36. The quantitative estimate of drug-likeness (QED) is 0.824. The lowest BCUT2D eigenvalue weighted by molar-refractivity contribution is -0.00461. The van der Waals surface area contributed by atoms with Crippen molar-refractivity contribution in [3.05, 3.63) is 17.3 Å². The van der Waals surface area contributed by atoms with Gasteiger partial charge in [0.05, 0.1) is 0 Å². The van der Waals surface area contributed by atoms with Gasteiger partial charge < -0.3 is 20.1 Å². The standard InChI is InChI=1S/C11H16ClN3O2/c1-16-8-5-15(6-9(8)17-2)11-4-7(13)3-10(12)14-11/h3-4,8-9H,5-6H2,1-2H3,(H2,13,14). The molecule has 2 rings (SSSR count). The topological polar surface area (TPSA) is 60.6 Å². The zero-order valence-corrected chi connectivity index (χ0v) is 10.6. The van der Waals surface area contributed by atoms with Gasteiger partial charge >= 0.3 is 0 Å². The van der Waals surface area contributed by atoms with Crippen LogP contribution in [0, 0.1) is 0 Å². The summed E-state index contributed by atoms with van der Waals surface area (Å²) >= 11 is 5.89. The summed E-state index contributed by atoms with van der Waals surface area (Å²) in [5, 5.41) is 0.398. The van der Waals surface area contributed by atoms with Crippen molar-refractivity contribution in [2.75, 3.05) is 37.9 Å². The number of nitrogens with zero attached hydrogens (tertiary/aromatic N) is 2. The van der Waals surface area contributed by atoms with Crippen LogP contribution in [0.15, 0.2) is 12.1 Å². The van der Waals surface area contributed by atoms with Crippen LogP contribution in [-0.2, 0) is 9.47 Å². The second-order valence-electron chi connectivity index (χ2n) is 4.03. The average Bonchev–Trinajstić information content (AvgIpc) is 2.70. The highest BCUT2D eigenvalue weighted by Gasteiger charge is 2.33. The van der Waals surface area contributed by atoms with Gasteiger partial charge in [-0.05, 0) is 6.07 Å². The van der Waals surface area contributed by atoms with Crippen LogP contribution in [0.4, 0.5) is 11.5 Å². The number of halogens is 1. The number of ether oxygens (including phenoxy) is 2. The van der Waals surface area contributed by atoms with Gasteiger partial charge in [-0.2, -0.15) is 0 Å². The molecule has 1 saturated heterocycles. The first kappa shape index (κ1) is 12.4. The van der Waals surface area contributed by atoms with Crippen LogP contribution in [0.1, 0.15) is 0 Å². The molecule has 1 fully saturated rings. The molecule has 5 nitrogen and oxygen atoms in total. The number of anilines is 2. The lowest BCUT2D eigenvalue weighted by Gasteiger charge is -2.17. The summed E-state index contributed by atoms with van der Waals surface area (Å²) in [6, 6.07) is 3.43. The van der Waals surface area contributed by atoms with Crippen molar-refractivity contribution >= 4 is 23.1 Å². The van der Waals surface area contributed by atoms with Crippen molar-refractivity contribution in [1.29, 1.82) is 0 Å². The van der Waals surface area contributed by atoms with E-state index in [1.54, 1.807) is 26.4 Å². The third-order valence-electron chi connectivity index (χ3n) is 2.95. The second-order valence-corrected chi connectivity index (χ2v) is 4.42. The van der Waals surface area contributed by atoms with Crippen LogP contribution in [0.2, 0.25) is 5.15 Å². The molecule has 6 heteroatoms. The molecule has 0 saturated carbocycles. The SMILES string of the molecule is COC1CN(c2cc(N)cc(Cl)n2)CC1OC. The predicted molar refractivity (Wildman–Crippen MR) is 67.5 cm³/mol. The van der Waals surface area contributed by atoms with E-state index in [0.29, 0.717) is 10.8 Å². The Bertz CT molecular complexity index is 370. The summed E-state index contributed by atoms with van der Waals surface area (Å²) in [4.78, 5) is 6.31. The summed E-state index contributed by atoms with van der Waals surface area (Å²) in [6.07, 6.45) is 0.0870. The van der Waals surface area contributed by atoms with E-state index in [0.717, 1.165) is 18.9 Å². The number of hydrogen-bond acceptors (Lipinski definition) is 5. The van der Waals surface area contributed by atoms with Crippen LogP contribution in [0.3, 0.4) is 0 Å². The predicted octanol–water partition coefficient (Wildman–Crippen LogP) is 1.17. The van der Waals surface area contributed by atoms with Crippen LogP contribution < -0.4 is 10.6 Å². The van der Waals surface area contributed by atoms with Gasteiger partial charge in [0.25, 0.3) is 0 Å². The first-order valence-electron chi connectivity index (χ1n) is 5.37. The van der Waals surface area contributed by atoms with E-state index in [9.17, 15) is 0 Å². The van der Waals surface area contributed by atoms with Crippen molar-refractivity contribution in [3.8, 4) is 0 Å². The molecule has 1 aliphatic heterocycles. The van der Waals surface area contributed by atoms with Gasteiger partial charge in [0.2, 0.25) is 0 Å². The van der Waals surface area contributed by atoms with Gasteiger partial charge in [-0.15, -0.1) is 0 Å². The molecule has 2 atom stereocenters. The van der Waals surface area contributed by atoms with Gasteiger partial charge in [0, 0.05) is 39.1 Å². The van der Waals surface area contributed by atoms with Crippen LogP contribution in [-0.4, -0.2) is 44.5 Å². The zero-order valence-electron chi connectivity index (χ0n) is 9.89. The van der Waals surface area contributed by atoms with Crippen LogP contribution in [0.5, 0.6) is 0 Å². The van der Waals surface area contributed by atoms with E-state index in [4.69, 9.17) is 26.8 Å². The van der Waals surface area contributed by atoms with Gasteiger partial charge in [-0.1, -0.05) is 11.6 Å². The first-order chi connectivity index (χ1) is 8.13. The van der Waals surface area contributed by atoms with Crippen molar-refractivity contribution in [2.45, 2.75) is 12.2 Å². The Morgan fingerprint density at radius 1 is 1.29 bits per heavy atom. The first-order valence-corrected chi connectivity index (χ1v) is 5.75. The molecule has 0 aromatic carbocycles. The molecule has 0 radical (unpaired) electrons. The molecule has 0 amide bonds. The molecule has 0 aliphatic carbocycles. The highest BCUT2D eigenvalue weighted by Crippen LogP contribution is 2.25. The molecule has 0 bridgehead atoms. The monoisotopic (exact) mass is 257 g/mol. The van der Waals surface area contributed by atoms with E-state index < -0.39 is 0 Å². The Kier molecular flexibility index (Phi) is 3.71. The fourth-order valence-electron chi connectivity index (χ4n) is 2.05. The molecule has 2 heterocycles. The van der Waals surface area contributed by atoms with Gasteiger partial charge in [-0.25, -0.2) is 4.98 Å². The number of aromatic nitrogens is 1. The average molecular weight is 258 g/mol. The highest BCUT2D eigenvalue weighted by molar-refractivity contribution is 6.29. The molecule has 94 valence electrons. The lowest BCUT2D eigenvalue weighted by Crippen LogP contribution is -2.27. The number of methoxy groups -OCH3 is 2. The third-order valence-corrected chi connectivity index (χ3v) is 3.14. The smallest absolute Gasteiger partial charge is 0.133 e. The third kappa shape index (κ3) is 2.62. The Hall–Kier alpha value is -1.04. The molecular formula is C11H16ClN3O2. The van der Waals surface area contributed by atoms with Crippen molar-refractivity contribution in [3.63, 3.8) is 0 Å². The van der Waals surface area contributed by atoms with Crippen LogP contribution in [0.25, 0.3) is 0 Å². The fraction of sp³-hybridized carbons (Fsp3) is 0.545. The zero-order chi connectivity index (χ0) is 12.4. The fourth-order valence-corrected chi connectivity index (χ4v) is 2.26. The number of nitrogens with two attached hydrogens (primary N) is 1. The van der Waals surface area contributed by atoms with Crippen molar-refractivity contribution in [1.82, 2.24) is 4.98 Å². The van der Waals surface area contributed by atoms with Crippen molar-refractivity contribution in [2.24, 2.45) is 0 Å². The van der Waals surface area contributed by atoms with Crippen molar-refractivity contribution < 1.29 is 9.47 Å². The normalized spacial score (nSPS) is 24.3. The lowest BCUT2D eigenvalue weighted by atomic mass is 10.3. The molecule has 2 unspecified atom stereocenters. The summed E-state index contributed by atoms with van der Waals surface area (Å²) in [6.45, 7) is 1.45. The second kappa shape index (κ2) is 5.08. The highest BCUT2D eigenvalue weighted by atomic mass is 35.5. The minimum atomic E-state index is 0.0435. The number of pyridine rings is 1. The van der Waals surface area contributed by atoms with E-state index >= 15 is 0 Å². The number of nitrogen functional groups attached to an aromatic ring is 1. The Morgan fingerprint density at radius 2 is 1.88 bits per heavy atom. The Balaban J connectivity index is 2.18. The van der Waals surface area contributed by atoms with E-state index in [1.807, 2.05) is 0 Å². The maximum atomic E-state index is 5.89. The molecular weight excluding hydrogens is 242 g/mol. The van der Waals surface area contributed by atoms with E-state index in [-0.39, 0.29) is 12.2 Å². The minimum Gasteiger partial charge on any atom is -0.399 e. The number of rotatable bonds is 3. The number of hydrogen-bond donors (Lipinski definition) is 1. The van der Waals surface area contributed by atoms with Gasteiger partial charge in [0.1, 0.15) is 23.2 Å². The molecule has 1 aromatic rings. The minimum absolute atomic E-state index is 0.0435. The maximum absolute atomic E-state index is 5.89. The van der Waals surface area contributed by atoms with Gasteiger partial charge in [-0.3, -0.25) is 0 Å². The van der Waals surface area contributed by atoms with E-state index in [2.05, 4.69) is 9.88 Å². The molecule has 17 heavy (non-hydrogen) atoms. The Labute approximate surface area is 105 Å². The summed E-state index contributed by atoms with van der Waals surface area (Å²) in [5.74, 6) is 0.761. The molecule has 2 N–H and O–H groups in total. The Morgan fingerprint density at radius 3 is 2.35 bits per heavy atom. The molecule has 1 aromatic heterocycles. The largest absolute Gasteiger partial charge is 0.399 e. The molecule has 0 spiro atoms. The van der Waals surface area contributed by atoms with Crippen LogP contribution >= 0.6 is 11.6 Å².